The van der Waals surface area contributed by atoms with Gasteiger partial charge in [0.25, 0.3) is 0 Å². The fourth-order valence-electron chi connectivity index (χ4n) is 6.90. The first-order valence-electron chi connectivity index (χ1n) is 26.0. The second-order valence-electron chi connectivity index (χ2n) is 21.6. The Kier molecular flexibility index (Phi) is 32.7. The van der Waals surface area contributed by atoms with Crippen LogP contribution in [0.5, 0.6) is 0 Å². The molecule has 0 spiro atoms. The molecule has 410 valence electrons. The number of aliphatic carboxylic acids is 1. The molecule has 19 heteroatoms. The summed E-state index contributed by atoms with van der Waals surface area (Å²) < 4.78 is 21.9. The molecule has 0 unspecified atom stereocenters. The molecule has 4 N–H and O–H groups in total. The summed E-state index contributed by atoms with van der Waals surface area (Å²) in [5.74, 6) is -3.11. The van der Waals surface area contributed by atoms with E-state index in [4.69, 9.17) is 24.1 Å². The minimum Gasteiger partial charge on any atom is -0.478 e. The van der Waals surface area contributed by atoms with Gasteiger partial charge < -0.3 is 54.6 Å². The van der Waals surface area contributed by atoms with Crippen LogP contribution in [0.4, 0.5) is 9.59 Å². The van der Waals surface area contributed by atoms with Crippen LogP contribution in [0.2, 0.25) is 0 Å². The van der Waals surface area contributed by atoms with Crippen LogP contribution in [-0.2, 0) is 52.5 Å². The van der Waals surface area contributed by atoms with Gasteiger partial charge in [0.05, 0.1) is 0 Å². The van der Waals surface area contributed by atoms with Gasteiger partial charge in [0, 0.05) is 71.4 Å². The molecule has 0 aliphatic rings. The molecule has 0 aromatic carbocycles. The van der Waals surface area contributed by atoms with Crippen LogP contribution in [0.3, 0.4) is 0 Å². The number of aldehydes is 1. The van der Waals surface area contributed by atoms with Gasteiger partial charge in [-0.1, -0.05) is 57.8 Å². The molecular formula is C52H93N5O14. The Bertz CT molecular complexity index is 1630. The molecule has 0 saturated heterocycles. The monoisotopic (exact) mass is 1010 g/mol. The average molecular weight is 1010 g/mol. The Hall–Kier alpha value is -4.97. The minimum absolute atomic E-state index is 0.0393. The summed E-state index contributed by atoms with van der Waals surface area (Å²) in [6, 6.07) is -1.00. The first-order valence-corrected chi connectivity index (χ1v) is 26.0. The van der Waals surface area contributed by atoms with Gasteiger partial charge in [-0.3, -0.25) is 19.2 Å². The smallest absolute Gasteiger partial charge is 0.410 e. The fourth-order valence-corrected chi connectivity index (χ4v) is 6.90. The zero-order valence-corrected chi connectivity index (χ0v) is 45.4. The van der Waals surface area contributed by atoms with E-state index in [0.717, 1.165) is 57.8 Å². The quantitative estimate of drug-likeness (QED) is 0.0198. The van der Waals surface area contributed by atoms with Crippen LogP contribution in [0.25, 0.3) is 0 Å². The van der Waals surface area contributed by atoms with Crippen molar-refractivity contribution >= 4 is 54.1 Å². The van der Waals surface area contributed by atoms with E-state index in [1.165, 1.54) is 13.8 Å². The van der Waals surface area contributed by atoms with Crippen LogP contribution in [0.15, 0.2) is 0 Å². The molecule has 71 heavy (non-hydrogen) atoms. The Morgan fingerprint density at radius 3 is 1.28 bits per heavy atom. The number of carbonyl (C=O) groups is 9. The van der Waals surface area contributed by atoms with Crippen molar-refractivity contribution in [1.82, 2.24) is 25.8 Å². The second-order valence-corrected chi connectivity index (χ2v) is 21.6. The summed E-state index contributed by atoms with van der Waals surface area (Å²) >= 11 is 0. The topological polar surface area (TPSA) is 253 Å². The van der Waals surface area contributed by atoms with Crippen molar-refractivity contribution in [2.45, 2.75) is 239 Å². The van der Waals surface area contributed by atoms with E-state index in [1.54, 1.807) is 72.1 Å². The van der Waals surface area contributed by atoms with Gasteiger partial charge in [0.15, 0.2) is 0 Å². The van der Waals surface area contributed by atoms with E-state index >= 15 is 0 Å². The van der Waals surface area contributed by atoms with Crippen molar-refractivity contribution in [3.63, 3.8) is 0 Å². The van der Waals surface area contributed by atoms with E-state index in [-0.39, 0.29) is 69.3 Å². The lowest BCUT2D eigenvalue weighted by atomic mass is 10.0. The zero-order chi connectivity index (χ0) is 54.1. The summed E-state index contributed by atoms with van der Waals surface area (Å²) in [5, 5.41) is 17.5. The Morgan fingerprint density at radius 2 is 0.873 bits per heavy atom. The fraction of sp³-hybridized carbons (Fsp3) is 0.827. The van der Waals surface area contributed by atoms with Crippen LogP contribution >= 0.6 is 0 Å². The third-order valence-electron chi connectivity index (χ3n) is 10.6. The van der Waals surface area contributed by atoms with E-state index in [1.807, 2.05) is 0 Å². The summed E-state index contributed by atoms with van der Waals surface area (Å²) in [6.45, 7) is 20.5. The van der Waals surface area contributed by atoms with Crippen molar-refractivity contribution in [3.8, 4) is 0 Å². The highest BCUT2D eigenvalue weighted by Crippen LogP contribution is 2.17. The van der Waals surface area contributed by atoms with Crippen LogP contribution in [0, 0.1) is 0 Å². The summed E-state index contributed by atoms with van der Waals surface area (Å²) in [4.78, 5) is 114. The van der Waals surface area contributed by atoms with Gasteiger partial charge in [0.2, 0.25) is 23.3 Å². The lowest BCUT2D eigenvalue weighted by Gasteiger charge is -2.29. The highest BCUT2D eigenvalue weighted by Gasteiger charge is 2.32. The predicted octanol–water partition coefficient (Wildman–Crippen LogP) is 8.32. The number of hydrogen-bond acceptors (Lipinski definition) is 13. The van der Waals surface area contributed by atoms with Crippen LogP contribution < -0.4 is 16.0 Å². The molecule has 0 aromatic heterocycles. The Balaban J connectivity index is 4.93. The van der Waals surface area contributed by atoms with Gasteiger partial charge in [0.1, 0.15) is 29.1 Å². The molecule has 0 aliphatic carbocycles. The third kappa shape index (κ3) is 37.5. The third-order valence-corrected chi connectivity index (χ3v) is 10.6. The molecule has 0 fully saturated rings. The number of amides is 5. The van der Waals surface area contributed by atoms with Gasteiger partial charge in [-0.15, -0.1) is 0 Å². The lowest BCUT2D eigenvalue weighted by molar-refractivity contribution is -0.174. The van der Waals surface area contributed by atoms with Gasteiger partial charge in [-0.2, -0.15) is 0 Å². The van der Waals surface area contributed by atoms with E-state index in [9.17, 15) is 43.2 Å². The molecule has 1 atom stereocenters. The molecule has 0 heterocycles. The lowest BCUT2D eigenvalue weighted by Crippen LogP contribution is -2.44. The number of unbranched alkanes of at least 4 members (excludes halogenated alkanes) is 11. The molecule has 0 aromatic rings. The highest BCUT2D eigenvalue weighted by atomic mass is 16.6. The summed E-state index contributed by atoms with van der Waals surface area (Å²) in [7, 11) is 0. The number of carboxylic acids is 1. The van der Waals surface area contributed by atoms with E-state index in [0.29, 0.717) is 71.0 Å². The average Bonchev–Trinajstić information content (AvgIpc) is 3.23. The maximum absolute atomic E-state index is 13.2. The molecule has 0 radical (unpaired) electrons. The SMILES string of the molecule is CC(C)(C)OC(=O)[C@H](CCC(=O)NCCCN(CCCCN(CCCNC(=O)CCC=O)C(=O)OC(C)(C)C)C(=O)OC(C)(C)C)NC(=O)CCCCCCCCCCCCCC(=O)OC(C)(C)C(=O)O. The number of ether oxygens (including phenoxy) is 4. The van der Waals surface area contributed by atoms with Crippen molar-refractivity contribution in [1.29, 1.82) is 0 Å². The number of rotatable bonds is 37. The molecule has 0 bridgehead atoms. The van der Waals surface area contributed by atoms with Crippen molar-refractivity contribution in [2.24, 2.45) is 0 Å². The van der Waals surface area contributed by atoms with Crippen LogP contribution in [-0.4, -0.2) is 137 Å². The van der Waals surface area contributed by atoms with Gasteiger partial charge >= 0.3 is 30.1 Å². The number of esters is 2. The molecule has 0 aliphatic heterocycles. The second kappa shape index (κ2) is 35.2. The summed E-state index contributed by atoms with van der Waals surface area (Å²) in [5.41, 5.74) is -3.76. The van der Waals surface area contributed by atoms with Gasteiger partial charge in [-0.25, -0.2) is 19.2 Å². The van der Waals surface area contributed by atoms with E-state index < -0.39 is 58.5 Å². The Labute approximate surface area is 424 Å². The Morgan fingerprint density at radius 1 is 0.479 bits per heavy atom. The predicted molar refractivity (Wildman–Crippen MR) is 270 cm³/mol. The molecule has 0 rings (SSSR count). The largest absolute Gasteiger partial charge is 0.478 e. The number of nitrogens with zero attached hydrogens (tertiary/aromatic N) is 2. The number of carboxylic acid groups (broad SMARTS) is 1. The number of hydrogen-bond donors (Lipinski definition) is 4. The molecule has 5 amide bonds. The summed E-state index contributed by atoms with van der Waals surface area (Å²) in [6.07, 6.45) is 12.9. The minimum atomic E-state index is -1.52. The maximum Gasteiger partial charge on any atom is 0.410 e. The van der Waals surface area contributed by atoms with Crippen molar-refractivity contribution in [3.05, 3.63) is 0 Å². The molecule has 0 saturated carbocycles. The van der Waals surface area contributed by atoms with Crippen molar-refractivity contribution < 1.29 is 67.2 Å². The first-order chi connectivity index (χ1) is 33.0. The standard InChI is InChI=1S/C52H93N5O14/c1-49(2,3)69-45(63)40(55-43(61)28-21-19-17-15-13-12-14-16-18-20-22-30-44(62)68-52(10,11)46(64)65)31-32-42(60)54-34-27-38-57(48(67)71-51(7,8)9)36-24-23-35-56(47(66)70-50(4,5)6)37-26-33-53-41(59)29-25-39-58/h39-40H,12-38H2,1-11H3,(H,53,59)(H,54,60)(H,55,61)(H,64,65)/t40-/m0/s1. The van der Waals surface area contributed by atoms with Crippen molar-refractivity contribution in [2.75, 3.05) is 39.3 Å². The van der Waals surface area contributed by atoms with E-state index in [2.05, 4.69) is 16.0 Å². The number of carbonyl (C=O) groups excluding carboxylic acids is 8. The van der Waals surface area contributed by atoms with Gasteiger partial charge in [-0.05, 0) is 121 Å². The van der Waals surface area contributed by atoms with Crippen LogP contribution in [0.1, 0.15) is 211 Å². The zero-order valence-electron chi connectivity index (χ0n) is 45.4. The highest BCUT2D eigenvalue weighted by molar-refractivity contribution is 5.85. The molecular weight excluding hydrogens is 919 g/mol. The normalized spacial score (nSPS) is 12.2. The maximum atomic E-state index is 13.2. The molecule has 19 nitrogen and oxygen atoms in total. The number of nitrogens with one attached hydrogen (secondary N) is 3. The first kappa shape index (κ1) is 66.0.